The van der Waals surface area contributed by atoms with Gasteiger partial charge in [-0.25, -0.2) is 0 Å². The standard InChI is InChI=1S/C14H21NO/c1-10-7-11(2)9-13(8-10)14(15)12-3-5-16-6-4-12/h7-9,12,14H,3-6,15H2,1-2H3. The second-order valence-corrected chi connectivity index (χ2v) is 4.90. The number of aryl methyl sites for hydroxylation is 2. The van der Waals surface area contributed by atoms with E-state index >= 15 is 0 Å². The van der Waals surface area contributed by atoms with Gasteiger partial charge in [0.25, 0.3) is 0 Å². The predicted molar refractivity (Wildman–Crippen MR) is 66.4 cm³/mol. The van der Waals surface area contributed by atoms with Crippen molar-refractivity contribution in [3.63, 3.8) is 0 Å². The average Bonchev–Trinajstić information content (AvgIpc) is 2.28. The SMILES string of the molecule is Cc1cc(C)cc(C(N)C2CCOCC2)c1. The molecule has 1 aromatic rings. The summed E-state index contributed by atoms with van der Waals surface area (Å²) in [6.45, 7) is 5.99. The molecule has 0 bridgehead atoms. The lowest BCUT2D eigenvalue weighted by Gasteiger charge is -2.28. The first-order valence-electron chi connectivity index (χ1n) is 6.08. The van der Waals surface area contributed by atoms with Crippen LogP contribution in [0.15, 0.2) is 18.2 Å². The van der Waals surface area contributed by atoms with Crippen LogP contribution in [-0.2, 0) is 4.74 Å². The van der Waals surface area contributed by atoms with Gasteiger partial charge < -0.3 is 10.5 Å². The summed E-state index contributed by atoms with van der Waals surface area (Å²) >= 11 is 0. The van der Waals surface area contributed by atoms with Crippen LogP contribution in [0.25, 0.3) is 0 Å². The lowest BCUT2D eigenvalue weighted by atomic mass is 9.87. The van der Waals surface area contributed by atoms with Gasteiger partial charge in [-0.2, -0.15) is 0 Å². The molecule has 1 saturated heterocycles. The van der Waals surface area contributed by atoms with Gasteiger partial charge in [0.1, 0.15) is 0 Å². The van der Waals surface area contributed by atoms with Crippen molar-refractivity contribution < 1.29 is 4.74 Å². The first kappa shape index (κ1) is 11.6. The first-order chi connectivity index (χ1) is 7.66. The van der Waals surface area contributed by atoms with Gasteiger partial charge in [-0.3, -0.25) is 0 Å². The molecule has 2 rings (SSSR count). The van der Waals surface area contributed by atoms with Crippen LogP contribution >= 0.6 is 0 Å². The summed E-state index contributed by atoms with van der Waals surface area (Å²) < 4.78 is 5.38. The molecule has 0 aliphatic carbocycles. The summed E-state index contributed by atoms with van der Waals surface area (Å²) in [5, 5.41) is 0. The number of hydrogen-bond donors (Lipinski definition) is 1. The topological polar surface area (TPSA) is 35.2 Å². The molecule has 1 unspecified atom stereocenters. The van der Waals surface area contributed by atoms with Gasteiger partial charge in [-0.05, 0) is 38.2 Å². The van der Waals surface area contributed by atoms with E-state index < -0.39 is 0 Å². The van der Waals surface area contributed by atoms with Crippen LogP contribution in [0.2, 0.25) is 0 Å². The fourth-order valence-corrected chi connectivity index (χ4v) is 2.55. The molecule has 2 heteroatoms. The minimum absolute atomic E-state index is 0.169. The molecule has 2 nitrogen and oxygen atoms in total. The van der Waals surface area contributed by atoms with Crippen LogP contribution in [0.1, 0.15) is 35.6 Å². The summed E-state index contributed by atoms with van der Waals surface area (Å²) in [5.41, 5.74) is 10.2. The van der Waals surface area contributed by atoms with Crippen LogP contribution in [0.3, 0.4) is 0 Å². The molecule has 1 aromatic carbocycles. The summed E-state index contributed by atoms with van der Waals surface area (Å²) in [5.74, 6) is 0.579. The molecule has 1 atom stereocenters. The lowest BCUT2D eigenvalue weighted by molar-refractivity contribution is 0.0584. The summed E-state index contributed by atoms with van der Waals surface area (Å²) in [4.78, 5) is 0. The molecule has 2 N–H and O–H groups in total. The molecule has 16 heavy (non-hydrogen) atoms. The van der Waals surface area contributed by atoms with Gasteiger partial charge in [0.2, 0.25) is 0 Å². The maximum atomic E-state index is 6.35. The van der Waals surface area contributed by atoms with Crippen LogP contribution in [0.4, 0.5) is 0 Å². The molecular formula is C14H21NO. The number of hydrogen-bond acceptors (Lipinski definition) is 2. The molecule has 1 heterocycles. The van der Waals surface area contributed by atoms with Crippen molar-refractivity contribution in [1.29, 1.82) is 0 Å². The smallest absolute Gasteiger partial charge is 0.0469 e. The van der Waals surface area contributed by atoms with Crippen molar-refractivity contribution in [1.82, 2.24) is 0 Å². The van der Waals surface area contributed by atoms with E-state index in [0.29, 0.717) is 5.92 Å². The normalized spacial score (nSPS) is 19.7. The van der Waals surface area contributed by atoms with Gasteiger partial charge in [0.15, 0.2) is 0 Å². The molecule has 1 fully saturated rings. The van der Waals surface area contributed by atoms with E-state index in [9.17, 15) is 0 Å². The van der Waals surface area contributed by atoms with Gasteiger partial charge in [-0.15, -0.1) is 0 Å². The van der Waals surface area contributed by atoms with Crippen molar-refractivity contribution in [3.8, 4) is 0 Å². The first-order valence-corrected chi connectivity index (χ1v) is 6.08. The third kappa shape index (κ3) is 2.63. The minimum atomic E-state index is 0.169. The summed E-state index contributed by atoms with van der Waals surface area (Å²) in [6, 6.07) is 6.79. The molecular weight excluding hydrogens is 198 g/mol. The average molecular weight is 219 g/mol. The zero-order valence-electron chi connectivity index (χ0n) is 10.2. The van der Waals surface area contributed by atoms with E-state index in [1.54, 1.807) is 0 Å². The van der Waals surface area contributed by atoms with E-state index in [-0.39, 0.29) is 6.04 Å². The maximum Gasteiger partial charge on any atom is 0.0469 e. The number of benzene rings is 1. The third-order valence-corrected chi connectivity index (χ3v) is 3.40. The van der Waals surface area contributed by atoms with Crippen molar-refractivity contribution in [3.05, 3.63) is 34.9 Å². The van der Waals surface area contributed by atoms with E-state index in [1.807, 2.05) is 0 Å². The fourth-order valence-electron chi connectivity index (χ4n) is 2.55. The van der Waals surface area contributed by atoms with Crippen molar-refractivity contribution >= 4 is 0 Å². The highest BCUT2D eigenvalue weighted by molar-refractivity contribution is 5.30. The predicted octanol–water partition coefficient (Wildman–Crippen LogP) is 2.73. The van der Waals surface area contributed by atoms with E-state index in [1.165, 1.54) is 16.7 Å². The summed E-state index contributed by atoms with van der Waals surface area (Å²) in [6.07, 6.45) is 2.18. The van der Waals surface area contributed by atoms with Crippen LogP contribution in [-0.4, -0.2) is 13.2 Å². The Hall–Kier alpha value is -0.860. The van der Waals surface area contributed by atoms with Crippen molar-refractivity contribution in [2.45, 2.75) is 32.7 Å². The Morgan fingerprint density at radius 3 is 2.25 bits per heavy atom. The Bertz CT molecular complexity index is 336. The highest BCUT2D eigenvalue weighted by Gasteiger charge is 2.22. The lowest BCUT2D eigenvalue weighted by Crippen LogP contribution is -2.27. The van der Waals surface area contributed by atoms with E-state index in [4.69, 9.17) is 10.5 Å². The molecule has 0 saturated carbocycles. The highest BCUT2D eigenvalue weighted by Crippen LogP contribution is 2.28. The molecule has 1 aliphatic rings. The van der Waals surface area contributed by atoms with Crippen LogP contribution in [0.5, 0.6) is 0 Å². The molecule has 1 aliphatic heterocycles. The van der Waals surface area contributed by atoms with Crippen molar-refractivity contribution in [2.24, 2.45) is 11.7 Å². The third-order valence-electron chi connectivity index (χ3n) is 3.40. The second kappa shape index (κ2) is 4.98. The fraction of sp³-hybridized carbons (Fsp3) is 0.571. The Labute approximate surface area is 97.8 Å². The zero-order chi connectivity index (χ0) is 11.5. The maximum absolute atomic E-state index is 6.35. The van der Waals surface area contributed by atoms with Crippen molar-refractivity contribution in [2.75, 3.05) is 13.2 Å². The Morgan fingerprint density at radius 1 is 1.12 bits per heavy atom. The summed E-state index contributed by atoms with van der Waals surface area (Å²) in [7, 11) is 0. The molecule has 88 valence electrons. The van der Waals surface area contributed by atoms with Gasteiger partial charge in [0.05, 0.1) is 0 Å². The molecule has 0 radical (unpaired) electrons. The van der Waals surface area contributed by atoms with Gasteiger partial charge in [0, 0.05) is 19.3 Å². The van der Waals surface area contributed by atoms with E-state index in [0.717, 1.165) is 26.1 Å². The highest BCUT2D eigenvalue weighted by atomic mass is 16.5. The van der Waals surface area contributed by atoms with E-state index in [2.05, 4.69) is 32.0 Å². The van der Waals surface area contributed by atoms with Crippen LogP contribution < -0.4 is 5.73 Å². The quantitative estimate of drug-likeness (QED) is 0.830. The Morgan fingerprint density at radius 2 is 1.69 bits per heavy atom. The van der Waals surface area contributed by atoms with Crippen LogP contribution in [0, 0.1) is 19.8 Å². The molecule has 0 amide bonds. The Balaban J connectivity index is 2.15. The largest absolute Gasteiger partial charge is 0.381 e. The van der Waals surface area contributed by atoms with Gasteiger partial charge >= 0.3 is 0 Å². The minimum Gasteiger partial charge on any atom is -0.381 e. The number of nitrogens with two attached hydrogens (primary N) is 1. The molecule has 0 aromatic heterocycles. The van der Waals surface area contributed by atoms with Gasteiger partial charge in [-0.1, -0.05) is 29.3 Å². The monoisotopic (exact) mass is 219 g/mol. The zero-order valence-corrected chi connectivity index (χ0v) is 10.2. The Kier molecular flexibility index (Phi) is 3.62. The second-order valence-electron chi connectivity index (χ2n) is 4.90. The molecule has 0 spiro atoms. The number of rotatable bonds is 2. The number of ether oxygens (including phenoxy) is 1.